The Balaban J connectivity index is 2.28. The molecule has 124 valence electrons. The van der Waals surface area contributed by atoms with Crippen LogP contribution in [0, 0.1) is 0 Å². The number of hydrogen-bond donors (Lipinski definition) is 2. The van der Waals surface area contributed by atoms with E-state index in [0.717, 1.165) is 12.8 Å². The Bertz CT molecular complexity index is 437. The summed E-state index contributed by atoms with van der Waals surface area (Å²) in [5.41, 5.74) is -0.478. The second kappa shape index (κ2) is 7.42. The quantitative estimate of drug-likeness (QED) is 0.771. The van der Waals surface area contributed by atoms with Gasteiger partial charge in [-0.3, -0.25) is 0 Å². The molecule has 0 radical (unpaired) electrons. The molecule has 1 saturated heterocycles. The van der Waals surface area contributed by atoms with E-state index in [4.69, 9.17) is 4.74 Å². The highest BCUT2D eigenvalue weighted by molar-refractivity contribution is 7.89. The lowest BCUT2D eigenvalue weighted by Crippen LogP contribution is -2.47. The third kappa shape index (κ3) is 7.10. The maximum absolute atomic E-state index is 11.9. The molecule has 8 heteroatoms. The molecule has 1 amide bonds. The summed E-state index contributed by atoms with van der Waals surface area (Å²) in [6.45, 7) is 7.22. The molecule has 0 aromatic rings. The van der Waals surface area contributed by atoms with Crippen molar-refractivity contribution < 1.29 is 17.9 Å². The highest BCUT2D eigenvalue weighted by atomic mass is 32.2. The molecule has 0 aromatic carbocycles. The van der Waals surface area contributed by atoms with Crippen LogP contribution in [0.5, 0.6) is 0 Å². The van der Waals surface area contributed by atoms with Gasteiger partial charge in [0, 0.05) is 25.7 Å². The topological polar surface area (TPSA) is 87.7 Å². The molecule has 2 N–H and O–H groups in total. The standard InChI is InChI=1S/C13H27N3O4S/c1-13(2,3)20-12(17)16-8-5-11(6-9-16)15-7-10-21(18,19)14-4/h11,14-15H,5-10H2,1-4H3. The Kier molecular flexibility index (Phi) is 6.42. The number of ether oxygens (including phenoxy) is 1. The number of carbonyl (C=O) groups excluding carboxylic acids is 1. The maximum atomic E-state index is 11.9. The van der Waals surface area contributed by atoms with Gasteiger partial charge in [-0.2, -0.15) is 0 Å². The lowest BCUT2D eigenvalue weighted by molar-refractivity contribution is 0.0199. The highest BCUT2D eigenvalue weighted by Gasteiger charge is 2.26. The average molecular weight is 321 g/mol. The average Bonchev–Trinajstić information content (AvgIpc) is 2.37. The van der Waals surface area contributed by atoms with Crippen molar-refractivity contribution in [3.05, 3.63) is 0 Å². The van der Waals surface area contributed by atoms with E-state index >= 15 is 0 Å². The smallest absolute Gasteiger partial charge is 0.410 e. The number of piperidine rings is 1. The van der Waals surface area contributed by atoms with Gasteiger partial charge in [0.15, 0.2) is 0 Å². The predicted molar refractivity (Wildman–Crippen MR) is 81.7 cm³/mol. The minimum atomic E-state index is -3.16. The highest BCUT2D eigenvalue weighted by Crippen LogP contribution is 2.15. The fourth-order valence-corrected chi connectivity index (χ4v) is 2.68. The lowest BCUT2D eigenvalue weighted by atomic mass is 10.1. The number of nitrogens with zero attached hydrogens (tertiary/aromatic N) is 1. The van der Waals surface area contributed by atoms with E-state index in [-0.39, 0.29) is 17.9 Å². The van der Waals surface area contributed by atoms with Crippen LogP contribution < -0.4 is 10.0 Å². The molecule has 0 spiro atoms. The van der Waals surface area contributed by atoms with Gasteiger partial charge in [0.2, 0.25) is 10.0 Å². The first-order valence-electron chi connectivity index (χ1n) is 7.25. The number of likely N-dealkylation sites (tertiary alicyclic amines) is 1. The van der Waals surface area contributed by atoms with E-state index in [1.165, 1.54) is 7.05 Å². The van der Waals surface area contributed by atoms with E-state index in [1.807, 2.05) is 20.8 Å². The van der Waals surface area contributed by atoms with Crippen molar-refractivity contribution in [3.8, 4) is 0 Å². The molecule has 0 bridgehead atoms. The number of carbonyl (C=O) groups is 1. The third-order valence-corrected chi connectivity index (χ3v) is 4.63. The summed E-state index contributed by atoms with van der Waals surface area (Å²) < 4.78 is 30.2. The second-order valence-corrected chi connectivity index (χ2v) is 8.26. The summed E-state index contributed by atoms with van der Waals surface area (Å²) in [5, 5.41) is 3.22. The SMILES string of the molecule is CNS(=O)(=O)CCNC1CCN(C(=O)OC(C)(C)C)CC1. The molecular formula is C13H27N3O4S. The van der Waals surface area contributed by atoms with Gasteiger partial charge in [-0.1, -0.05) is 0 Å². The van der Waals surface area contributed by atoms with E-state index in [2.05, 4.69) is 10.0 Å². The molecule has 0 aliphatic carbocycles. The van der Waals surface area contributed by atoms with Crippen LogP contribution in [0.25, 0.3) is 0 Å². The molecule has 0 saturated carbocycles. The minimum absolute atomic E-state index is 0.0653. The minimum Gasteiger partial charge on any atom is -0.444 e. The summed E-state index contributed by atoms with van der Waals surface area (Å²) in [6, 6.07) is 0.246. The van der Waals surface area contributed by atoms with Gasteiger partial charge in [-0.15, -0.1) is 0 Å². The van der Waals surface area contributed by atoms with Gasteiger partial charge >= 0.3 is 6.09 Å². The first kappa shape index (κ1) is 18.2. The van der Waals surface area contributed by atoms with E-state index < -0.39 is 15.6 Å². The third-order valence-electron chi connectivity index (χ3n) is 3.26. The molecule has 1 aliphatic heterocycles. The van der Waals surface area contributed by atoms with Gasteiger partial charge in [-0.05, 0) is 40.7 Å². The number of hydrogen-bond acceptors (Lipinski definition) is 5. The van der Waals surface area contributed by atoms with E-state index in [9.17, 15) is 13.2 Å². The Morgan fingerprint density at radius 2 is 1.86 bits per heavy atom. The summed E-state index contributed by atoms with van der Waals surface area (Å²) >= 11 is 0. The Morgan fingerprint density at radius 3 is 2.33 bits per heavy atom. The molecule has 0 aromatic heterocycles. The van der Waals surface area contributed by atoms with Gasteiger partial charge in [0.1, 0.15) is 5.60 Å². The number of sulfonamides is 1. The van der Waals surface area contributed by atoms with Crippen LogP contribution >= 0.6 is 0 Å². The van der Waals surface area contributed by atoms with Crippen molar-refractivity contribution in [2.75, 3.05) is 32.4 Å². The zero-order valence-electron chi connectivity index (χ0n) is 13.3. The number of nitrogens with one attached hydrogen (secondary N) is 2. The van der Waals surface area contributed by atoms with E-state index in [0.29, 0.717) is 19.6 Å². The van der Waals surface area contributed by atoms with Gasteiger partial charge in [-0.25, -0.2) is 17.9 Å². The fraction of sp³-hybridized carbons (Fsp3) is 0.923. The summed E-state index contributed by atoms with van der Waals surface area (Å²) in [6.07, 6.45) is 1.33. The van der Waals surface area contributed by atoms with Crippen LogP contribution in [0.3, 0.4) is 0 Å². The van der Waals surface area contributed by atoms with Gasteiger partial charge in [0.25, 0.3) is 0 Å². The Morgan fingerprint density at radius 1 is 1.29 bits per heavy atom. The predicted octanol–water partition coefficient (Wildman–Crippen LogP) is 0.525. The second-order valence-electron chi connectivity index (χ2n) is 6.22. The molecule has 0 atom stereocenters. The molecular weight excluding hydrogens is 294 g/mol. The maximum Gasteiger partial charge on any atom is 0.410 e. The van der Waals surface area contributed by atoms with Crippen molar-refractivity contribution >= 4 is 16.1 Å². The summed E-state index contributed by atoms with van der Waals surface area (Å²) in [5.74, 6) is 0.0653. The van der Waals surface area contributed by atoms with Crippen molar-refractivity contribution in [3.63, 3.8) is 0 Å². The van der Waals surface area contributed by atoms with Gasteiger partial charge in [0.05, 0.1) is 5.75 Å². The van der Waals surface area contributed by atoms with Gasteiger partial charge < -0.3 is 15.0 Å². The summed E-state index contributed by atoms with van der Waals surface area (Å²) in [4.78, 5) is 13.6. The first-order valence-corrected chi connectivity index (χ1v) is 8.91. The lowest BCUT2D eigenvalue weighted by Gasteiger charge is -2.33. The normalized spacial score (nSPS) is 17.8. The molecule has 0 unspecified atom stereocenters. The van der Waals surface area contributed by atoms with Crippen LogP contribution in [0.4, 0.5) is 4.79 Å². The van der Waals surface area contributed by atoms with Crippen LogP contribution in [-0.4, -0.2) is 63.5 Å². The zero-order valence-corrected chi connectivity index (χ0v) is 14.1. The van der Waals surface area contributed by atoms with Crippen LogP contribution in [-0.2, 0) is 14.8 Å². The molecule has 1 aliphatic rings. The van der Waals surface area contributed by atoms with Crippen molar-refractivity contribution in [2.24, 2.45) is 0 Å². The summed E-state index contributed by atoms with van der Waals surface area (Å²) in [7, 11) is -1.75. The molecule has 1 rings (SSSR count). The van der Waals surface area contributed by atoms with Crippen molar-refractivity contribution in [1.29, 1.82) is 0 Å². The first-order chi connectivity index (χ1) is 9.63. The molecule has 21 heavy (non-hydrogen) atoms. The number of amides is 1. The number of rotatable bonds is 5. The van der Waals surface area contributed by atoms with Crippen LogP contribution in [0.2, 0.25) is 0 Å². The Labute approximate surface area is 127 Å². The van der Waals surface area contributed by atoms with Crippen LogP contribution in [0.15, 0.2) is 0 Å². The zero-order chi connectivity index (χ0) is 16.1. The van der Waals surface area contributed by atoms with E-state index in [1.54, 1.807) is 4.90 Å². The monoisotopic (exact) mass is 321 g/mol. The van der Waals surface area contributed by atoms with Crippen molar-refractivity contribution in [2.45, 2.75) is 45.3 Å². The largest absolute Gasteiger partial charge is 0.444 e. The fourth-order valence-electron chi connectivity index (χ4n) is 2.09. The van der Waals surface area contributed by atoms with Crippen molar-refractivity contribution in [1.82, 2.24) is 14.9 Å². The molecule has 1 heterocycles. The molecule has 1 fully saturated rings. The molecule has 7 nitrogen and oxygen atoms in total. The van der Waals surface area contributed by atoms with Crippen LogP contribution in [0.1, 0.15) is 33.6 Å². The Hall–Kier alpha value is -0.860.